The van der Waals surface area contributed by atoms with Crippen LogP contribution in [0.15, 0.2) is 29.3 Å². The van der Waals surface area contributed by atoms with Crippen LogP contribution in [0.1, 0.15) is 43.7 Å². The summed E-state index contributed by atoms with van der Waals surface area (Å²) in [5.41, 5.74) is 1.63. The molecule has 0 saturated heterocycles. The summed E-state index contributed by atoms with van der Waals surface area (Å²) < 4.78 is 5.75. The molecule has 2 rings (SSSR count). The van der Waals surface area contributed by atoms with Gasteiger partial charge in [0.15, 0.2) is 0 Å². The Morgan fingerprint density at radius 3 is 2.68 bits per heavy atom. The summed E-state index contributed by atoms with van der Waals surface area (Å²) in [7, 11) is 0. The van der Waals surface area contributed by atoms with Crippen LogP contribution in [0.25, 0.3) is 0 Å². The number of nitrogens with zero attached hydrogens (tertiary/aromatic N) is 2. The summed E-state index contributed by atoms with van der Waals surface area (Å²) in [4.78, 5) is 4.53. The molecule has 1 heterocycles. The standard InChI is InChI=1S/C16H20N2O/c1-2-3-4-5-14-11-18-16(19-12-14)15-8-6-13(10-17)7-9-15/h6-9,14H,2-5,11-12H2,1H3. The van der Waals surface area contributed by atoms with E-state index in [0.717, 1.165) is 24.6 Å². The molecule has 0 radical (unpaired) electrons. The van der Waals surface area contributed by atoms with E-state index in [9.17, 15) is 0 Å². The van der Waals surface area contributed by atoms with Crippen LogP contribution in [0.5, 0.6) is 0 Å². The van der Waals surface area contributed by atoms with Crippen molar-refractivity contribution >= 4 is 5.90 Å². The number of unbranched alkanes of at least 4 members (excludes halogenated alkanes) is 2. The van der Waals surface area contributed by atoms with Crippen molar-refractivity contribution < 1.29 is 4.74 Å². The van der Waals surface area contributed by atoms with E-state index in [4.69, 9.17) is 10.00 Å². The maximum atomic E-state index is 8.76. The summed E-state index contributed by atoms with van der Waals surface area (Å²) in [5, 5.41) is 8.76. The molecule has 3 heteroatoms. The van der Waals surface area contributed by atoms with Crippen LogP contribution in [0.4, 0.5) is 0 Å². The minimum Gasteiger partial charge on any atom is -0.477 e. The molecule has 100 valence electrons. The number of nitriles is 1. The first-order valence-corrected chi connectivity index (χ1v) is 7.01. The molecule has 0 aromatic heterocycles. The van der Waals surface area contributed by atoms with Gasteiger partial charge in [-0.15, -0.1) is 0 Å². The largest absolute Gasteiger partial charge is 0.477 e. The van der Waals surface area contributed by atoms with Crippen molar-refractivity contribution in [3.63, 3.8) is 0 Å². The summed E-state index contributed by atoms with van der Waals surface area (Å²) in [5.74, 6) is 1.28. The van der Waals surface area contributed by atoms with Gasteiger partial charge >= 0.3 is 0 Å². The Balaban J connectivity index is 1.91. The Morgan fingerprint density at radius 1 is 1.32 bits per heavy atom. The van der Waals surface area contributed by atoms with Crippen molar-refractivity contribution in [3.8, 4) is 6.07 Å². The van der Waals surface area contributed by atoms with E-state index in [0.29, 0.717) is 11.5 Å². The van der Waals surface area contributed by atoms with E-state index < -0.39 is 0 Å². The van der Waals surface area contributed by atoms with Gasteiger partial charge in [0.05, 0.1) is 18.2 Å². The predicted octanol–water partition coefficient (Wildman–Crippen LogP) is 3.53. The fourth-order valence-electron chi connectivity index (χ4n) is 2.23. The third-order valence-corrected chi connectivity index (χ3v) is 3.43. The van der Waals surface area contributed by atoms with E-state index >= 15 is 0 Å². The molecule has 1 aromatic carbocycles. The molecule has 0 amide bonds. The maximum Gasteiger partial charge on any atom is 0.216 e. The molecular formula is C16H20N2O. The molecule has 1 aromatic rings. The van der Waals surface area contributed by atoms with E-state index in [2.05, 4.69) is 18.0 Å². The van der Waals surface area contributed by atoms with E-state index in [-0.39, 0.29) is 0 Å². The zero-order valence-corrected chi connectivity index (χ0v) is 11.4. The number of benzene rings is 1. The predicted molar refractivity (Wildman–Crippen MR) is 76.1 cm³/mol. The first-order valence-electron chi connectivity index (χ1n) is 7.01. The Morgan fingerprint density at radius 2 is 2.11 bits per heavy atom. The number of ether oxygens (including phenoxy) is 1. The lowest BCUT2D eigenvalue weighted by Gasteiger charge is -2.22. The van der Waals surface area contributed by atoms with Gasteiger partial charge in [0, 0.05) is 18.0 Å². The Hall–Kier alpha value is -1.82. The van der Waals surface area contributed by atoms with Crippen molar-refractivity contribution in [1.29, 1.82) is 5.26 Å². The van der Waals surface area contributed by atoms with Crippen LogP contribution in [0.3, 0.4) is 0 Å². The smallest absolute Gasteiger partial charge is 0.216 e. The van der Waals surface area contributed by atoms with Crippen LogP contribution in [0, 0.1) is 17.2 Å². The van der Waals surface area contributed by atoms with Crippen LogP contribution >= 0.6 is 0 Å². The highest BCUT2D eigenvalue weighted by Crippen LogP contribution is 2.17. The highest BCUT2D eigenvalue weighted by Gasteiger charge is 2.17. The van der Waals surface area contributed by atoms with Crippen LogP contribution in [-0.2, 0) is 4.74 Å². The van der Waals surface area contributed by atoms with Gasteiger partial charge in [0.2, 0.25) is 5.90 Å². The molecule has 0 N–H and O–H groups in total. The summed E-state index contributed by atoms with van der Waals surface area (Å²) in [6, 6.07) is 9.51. The van der Waals surface area contributed by atoms with Gasteiger partial charge in [0.1, 0.15) is 0 Å². The maximum absolute atomic E-state index is 8.76. The fourth-order valence-corrected chi connectivity index (χ4v) is 2.23. The molecule has 3 nitrogen and oxygen atoms in total. The van der Waals surface area contributed by atoms with E-state index in [1.54, 1.807) is 12.1 Å². The Bertz CT molecular complexity index is 471. The second-order valence-electron chi connectivity index (χ2n) is 5.01. The highest BCUT2D eigenvalue weighted by atomic mass is 16.5. The first-order chi connectivity index (χ1) is 9.33. The second-order valence-corrected chi connectivity index (χ2v) is 5.01. The quantitative estimate of drug-likeness (QED) is 0.756. The summed E-state index contributed by atoms with van der Waals surface area (Å²) in [6.45, 7) is 3.85. The van der Waals surface area contributed by atoms with E-state index in [1.807, 2.05) is 12.1 Å². The lowest BCUT2D eigenvalue weighted by atomic mass is 10.0. The average Bonchev–Trinajstić information content (AvgIpc) is 2.48. The van der Waals surface area contributed by atoms with Gasteiger partial charge in [-0.05, 0) is 30.7 Å². The summed E-state index contributed by atoms with van der Waals surface area (Å²) in [6.07, 6.45) is 5.03. The van der Waals surface area contributed by atoms with Crippen LogP contribution < -0.4 is 0 Å². The third kappa shape index (κ3) is 3.82. The zero-order chi connectivity index (χ0) is 13.5. The molecular weight excluding hydrogens is 236 g/mol. The van der Waals surface area contributed by atoms with E-state index in [1.165, 1.54) is 25.7 Å². The summed E-state index contributed by atoms with van der Waals surface area (Å²) >= 11 is 0. The average molecular weight is 256 g/mol. The topological polar surface area (TPSA) is 45.4 Å². The molecule has 0 aliphatic carbocycles. The van der Waals surface area contributed by atoms with Crippen molar-refractivity contribution in [2.45, 2.75) is 32.6 Å². The van der Waals surface area contributed by atoms with Gasteiger partial charge in [-0.3, -0.25) is 4.99 Å². The zero-order valence-electron chi connectivity index (χ0n) is 11.4. The van der Waals surface area contributed by atoms with Crippen molar-refractivity contribution in [2.75, 3.05) is 13.2 Å². The molecule has 0 saturated carbocycles. The van der Waals surface area contributed by atoms with Gasteiger partial charge in [0.25, 0.3) is 0 Å². The minimum atomic E-state index is 0.564. The molecule has 0 fully saturated rings. The molecule has 0 bridgehead atoms. The Kier molecular flexibility index (Phi) is 4.97. The Labute approximate surface area is 114 Å². The van der Waals surface area contributed by atoms with Gasteiger partial charge < -0.3 is 4.74 Å². The fraction of sp³-hybridized carbons (Fsp3) is 0.500. The van der Waals surface area contributed by atoms with Crippen molar-refractivity contribution in [2.24, 2.45) is 10.9 Å². The van der Waals surface area contributed by atoms with Gasteiger partial charge in [-0.2, -0.15) is 5.26 Å². The van der Waals surface area contributed by atoms with Crippen LogP contribution in [0.2, 0.25) is 0 Å². The molecule has 1 aliphatic heterocycles. The molecule has 0 spiro atoms. The van der Waals surface area contributed by atoms with Gasteiger partial charge in [-0.25, -0.2) is 0 Å². The molecule has 1 atom stereocenters. The number of rotatable bonds is 5. The lowest BCUT2D eigenvalue weighted by molar-refractivity contribution is 0.211. The monoisotopic (exact) mass is 256 g/mol. The second kappa shape index (κ2) is 6.94. The van der Waals surface area contributed by atoms with Crippen molar-refractivity contribution in [3.05, 3.63) is 35.4 Å². The van der Waals surface area contributed by atoms with Gasteiger partial charge in [-0.1, -0.05) is 26.2 Å². The SMILES string of the molecule is CCCCCC1CN=C(c2ccc(C#N)cc2)OC1. The number of hydrogen-bond acceptors (Lipinski definition) is 3. The van der Waals surface area contributed by atoms with Crippen molar-refractivity contribution in [1.82, 2.24) is 0 Å². The molecule has 1 unspecified atom stereocenters. The number of hydrogen-bond donors (Lipinski definition) is 0. The molecule has 1 aliphatic rings. The number of aliphatic imine (C=N–C) groups is 1. The highest BCUT2D eigenvalue weighted by molar-refractivity contribution is 5.94. The first kappa shape index (κ1) is 13.6. The van der Waals surface area contributed by atoms with Crippen LogP contribution in [-0.4, -0.2) is 19.0 Å². The third-order valence-electron chi connectivity index (χ3n) is 3.43. The lowest BCUT2D eigenvalue weighted by Crippen LogP contribution is -2.23. The minimum absolute atomic E-state index is 0.564. The molecule has 19 heavy (non-hydrogen) atoms. The normalized spacial score (nSPS) is 18.3.